The SMILES string of the molecule is COC(=O)NC1CCN(c2nc3ccc(N)cc3s2)C1. The maximum Gasteiger partial charge on any atom is 0.407 e. The van der Waals surface area contributed by atoms with Crippen LogP contribution in [0.25, 0.3) is 10.2 Å². The number of rotatable bonds is 2. The van der Waals surface area contributed by atoms with Crippen molar-refractivity contribution in [1.82, 2.24) is 10.3 Å². The van der Waals surface area contributed by atoms with Crippen LogP contribution in [-0.2, 0) is 4.74 Å². The number of thiazole rings is 1. The summed E-state index contributed by atoms with van der Waals surface area (Å²) in [5, 5.41) is 3.80. The Hall–Kier alpha value is -2.02. The fourth-order valence-electron chi connectivity index (χ4n) is 2.34. The Balaban J connectivity index is 1.74. The van der Waals surface area contributed by atoms with E-state index in [0.717, 1.165) is 40.5 Å². The number of carbonyl (C=O) groups excluding carboxylic acids is 1. The van der Waals surface area contributed by atoms with Crippen LogP contribution in [0.1, 0.15) is 6.42 Å². The molecule has 6 nitrogen and oxygen atoms in total. The van der Waals surface area contributed by atoms with Crippen molar-refractivity contribution in [1.29, 1.82) is 0 Å². The highest BCUT2D eigenvalue weighted by Gasteiger charge is 2.26. The summed E-state index contributed by atoms with van der Waals surface area (Å²) in [6, 6.07) is 5.85. The standard InChI is InChI=1S/C13H16N4O2S/c1-19-13(18)15-9-4-5-17(7-9)12-16-10-3-2-8(14)6-11(10)20-12/h2-3,6,9H,4-5,7,14H2,1H3,(H,15,18). The van der Waals surface area contributed by atoms with Gasteiger partial charge in [-0.1, -0.05) is 11.3 Å². The van der Waals surface area contributed by atoms with E-state index in [1.54, 1.807) is 11.3 Å². The lowest BCUT2D eigenvalue weighted by Crippen LogP contribution is -2.36. The average molecular weight is 292 g/mol. The summed E-state index contributed by atoms with van der Waals surface area (Å²) in [7, 11) is 1.38. The Morgan fingerprint density at radius 3 is 3.25 bits per heavy atom. The van der Waals surface area contributed by atoms with Gasteiger partial charge in [0.2, 0.25) is 0 Å². The number of aromatic nitrogens is 1. The van der Waals surface area contributed by atoms with Crippen LogP contribution >= 0.6 is 11.3 Å². The molecule has 1 aromatic carbocycles. The molecule has 0 bridgehead atoms. The fraction of sp³-hybridized carbons (Fsp3) is 0.385. The van der Waals surface area contributed by atoms with E-state index in [9.17, 15) is 4.79 Å². The number of ether oxygens (including phenoxy) is 1. The lowest BCUT2D eigenvalue weighted by Gasteiger charge is -2.15. The highest BCUT2D eigenvalue weighted by molar-refractivity contribution is 7.22. The molecule has 1 saturated heterocycles. The first-order valence-electron chi connectivity index (χ1n) is 6.41. The van der Waals surface area contributed by atoms with Crippen molar-refractivity contribution in [2.75, 3.05) is 30.8 Å². The van der Waals surface area contributed by atoms with E-state index in [1.807, 2.05) is 18.2 Å². The van der Waals surface area contributed by atoms with Crippen LogP contribution < -0.4 is 16.0 Å². The molecule has 1 amide bonds. The van der Waals surface area contributed by atoms with E-state index in [-0.39, 0.29) is 12.1 Å². The summed E-state index contributed by atoms with van der Waals surface area (Å²) in [4.78, 5) is 18.0. The van der Waals surface area contributed by atoms with Gasteiger partial charge in [-0.25, -0.2) is 9.78 Å². The molecule has 3 N–H and O–H groups in total. The second-order valence-corrected chi connectivity index (χ2v) is 5.80. The monoisotopic (exact) mass is 292 g/mol. The first-order chi connectivity index (χ1) is 9.65. The van der Waals surface area contributed by atoms with Gasteiger partial charge in [-0.3, -0.25) is 0 Å². The van der Waals surface area contributed by atoms with E-state index >= 15 is 0 Å². The van der Waals surface area contributed by atoms with Gasteiger partial charge in [0.15, 0.2) is 5.13 Å². The number of methoxy groups -OCH3 is 1. The van der Waals surface area contributed by atoms with Crippen LogP contribution in [0, 0.1) is 0 Å². The molecular formula is C13H16N4O2S. The molecule has 1 aliphatic rings. The number of hydrogen-bond acceptors (Lipinski definition) is 6. The molecule has 0 aliphatic carbocycles. The molecule has 106 valence electrons. The van der Waals surface area contributed by atoms with Gasteiger partial charge in [0.25, 0.3) is 0 Å². The lowest BCUT2D eigenvalue weighted by molar-refractivity contribution is 0.167. The molecule has 2 aromatic rings. The Morgan fingerprint density at radius 1 is 1.60 bits per heavy atom. The van der Waals surface area contributed by atoms with Crippen molar-refractivity contribution in [2.24, 2.45) is 0 Å². The predicted octanol–water partition coefficient (Wildman–Crippen LogP) is 1.81. The van der Waals surface area contributed by atoms with E-state index in [0.29, 0.717) is 0 Å². The van der Waals surface area contributed by atoms with Gasteiger partial charge in [-0.2, -0.15) is 0 Å². The van der Waals surface area contributed by atoms with E-state index in [1.165, 1.54) is 7.11 Å². The molecule has 1 atom stereocenters. The maximum atomic E-state index is 11.2. The zero-order chi connectivity index (χ0) is 14.1. The number of nitrogens with zero attached hydrogens (tertiary/aromatic N) is 2. The molecule has 1 unspecified atom stereocenters. The molecule has 0 radical (unpaired) electrons. The third kappa shape index (κ3) is 2.49. The summed E-state index contributed by atoms with van der Waals surface area (Å²) in [5.74, 6) is 0. The third-order valence-corrected chi connectivity index (χ3v) is 4.45. The number of amides is 1. The first kappa shape index (κ1) is 13.0. The largest absolute Gasteiger partial charge is 0.453 e. The minimum absolute atomic E-state index is 0.111. The number of nitrogens with two attached hydrogens (primary N) is 1. The molecule has 1 aromatic heterocycles. The van der Waals surface area contributed by atoms with Crippen LogP contribution in [0.5, 0.6) is 0 Å². The Labute approximate surface area is 120 Å². The number of benzene rings is 1. The van der Waals surface area contributed by atoms with Gasteiger partial charge in [-0.05, 0) is 24.6 Å². The van der Waals surface area contributed by atoms with Crippen molar-refractivity contribution >= 4 is 38.5 Å². The van der Waals surface area contributed by atoms with E-state index in [4.69, 9.17) is 5.73 Å². The molecule has 1 aliphatic heterocycles. The summed E-state index contributed by atoms with van der Waals surface area (Å²) in [5.41, 5.74) is 7.49. The highest BCUT2D eigenvalue weighted by Crippen LogP contribution is 2.31. The minimum Gasteiger partial charge on any atom is -0.453 e. The van der Waals surface area contributed by atoms with Crippen molar-refractivity contribution < 1.29 is 9.53 Å². The van der Waals surface area contributed by atoms with Crippen LogP contribution in [0.2, 0.25) is 0 Å². The lowest BCUT2D eigenvalue weighted by atomic mass is 10.3. The van der Waals surface area contributed by atoms with Crippen molar-refractivity contribution in [3.63, 3.8) is 0 Å². The van der Waals surface area contributed by atoms with Crippen molar-refractivity contribution in [2.45, 2.75) is 12.5 Å². The molecule has 2 heterocycles. The topological polar surface area (TPSA) is 80.5 Å². The summed E-state index contributed by atoms with van der Waals surface area (Å²) in [6.07, 6.45) is 0.515. The zero-order valence-corrected chi connectivity index (χ0v) is 11.9. The van der Waals surface area contributed by atoms with Gasteiger partial charge in [0.05, 0.1) is 23.4 Å². The molecule has 0 saturated carbocycles. The number of fused-ring (bicyclic) bond motifs is 1. The number of carbonyl (C=O) groups is 1. The predicted molar refractivity (Wildman–Crippen MR) is 80.2 cm³/mol. The highest BCUT2D eigenvalue weighted by atomic mass is 32.1. The number of alkyl carbamates (subject to hydrolysis) is 1. The van der Waals surface area contributed by atoms with Crippen molar-refractivity contribution in [3.05, 3.63) is 18.2 Å². The first-order valence-corrected chi connectivity index (χ1v) is 7.23. The molecule has 20 heavy (non-hydrogen) atoms. The number of anilines is 2. The van der Waals surface area contributed by atoms with Crippen LogP contribution in [-0.4, -0.2) is 37.3 Å². The van der Waals surface area contributed by atoms with Gasteiger partial charge in [-0.15, -0.1) is 0 Å². The smallest absolute Gasteiger partial charge is 0.407 e. The summed E-state index contributed by atoms with van der Waals surface area (Å²) in [6.45, 7) is 1.63. The number of hydrogen-bond donors (Lipinski definition) is 2. The summed E-state index contributed by atoms with van der Waals surface area (Å²) < 4.78 is 5.71. The molecule has 1 fully saturated rings. The molecule has 7 heteroatoms. The summed E-state index contributed by atoms with van der Waals surface area (Å²) >= 11 is 1.63. The quantitative estimate of drug-likeness (QED) is 0.825. The third-order valence-electron chi connectivity index (χ3n) is 3.37. The van der Waals surface area contributed by atoms with Gasteiger partial charge in [0.1, 0.15) is 0 Å². The van der Waals surface area contributed by atoms with Gasteiger partial charge >= 0.3 is 6.09 Å². The fourth-order valence-corrected chi connectivity index (χ4v) is 3.39. The number of nitrogen functional groups attached to an aromatic ring is 1. The van der Waals surface area contributed by atoms with Gasteiger partial charge in [0, 0.05) is 18.8 Å². The minimum atomic E-state index is -0.381. The van der Waals surface area contributed by atoms with Crippen LogP contribution in [0.4, 0.5) is 15.6 Å². The molecule has 3 rings (SSSR count). The van der Waals surface area contributed by atoms with E-state index in [2.05, 4.69) is 19.9 Å². The second kappa shape index (κ2) is 5.16. The maximum absolute atomic E-state index is 11.2. The Bertz CT molecular complexity index is 642. The molecular weight excluding hydrogens is 276 g/mol. The molecule has 0 spiro atoms. The second-order valence-electron chi connectivity index (χ2n) is 4.79. The van der Waals surface area contributed by atoms with Crippen LogP contribution in [0.3, 0.4) is 0 Å². The Morgan fingerprint density at radius 2 is 2.45 bits per heavy atom. The number of nitrogens with one attached hydrogen (secondary N) is 1. The Kier molecular flexibility index (Phi) is 3.35. The van der Waals surface area contributed by atoms with Crippen molar-refractivity contribution in [3.8, 4) is 0 Å². The van der Waals surface area contributed by atoms with Crippen LogP contribution in [0.15, 0.2) is 18.2 Å². The average Bonchev–Trinajstić information content (AvgIpc) is 3.04. The normalized spacial score (nSPS) is 18.4. The van der Waals surface area contributed by atoms with E-state index < -0.39 is 0 Å². The van der Waals surface area contributed by atoms with Gasteiger partial charge < -0.3 is 20.7 Å². The zero-order valence-electron chi connectivity index (χ0n) is 11.1.